The first kappa shape index (κ1) is 12.2. The highest BCUT2D eigenvalue weighted by Crippen LogP contribution is 2.22. The van der Waals surface area contributed by atoms with E-state index in [-0.39, 0.29) is 6.04 Å². The molecule has 96 valence electrons. The average molecular weight is 270 g/mol. The number of hydrogen-bond donors (Lipinski definition) is 1. The highest BCUT2D eigenvalue weighted by atomic mass is 32.1. The molecule has 19 heavy (non-hydrogen) atoms. The van der Waals surface area contributed by atoms with E-state index >= 15 is 0 Å². The lowest BCUT2D eigenvalue weighted by Gasteiger charge is -2.13. The summed E-state index contributed by atoms with van der Waals surface area (Å²) in [7, 11) is 0. The van der Waals surface area contributed by atoms with Crippen molar-refractivity contribution in [3.63, 3.8) is 0 Å². The second-order valence-electron chi connectivity index (χ2n) is 4.38. The van der Waals surface area contributed by atoms with Gasteiger partial charge in [-0.2, -0.15) is 0 Å². The van der Waals surface area contributed by atoms with Gasteiger partial charge in [-0.15, -0.1) is 11.3 Å². The fraction of sp³-hybridized carbons (Fsp3) is 0.214. The van der Waals surface area contributed by atoms with Gasteiger partial charge in [0.1, 0.15) is 6.33 Å². The van der Waals surface area contributed by atoms with Crippen molar-refractivity contribution in [1.82, 2.24) is 20.3 Å². The topological polar surface area (TPSA) is 50.7 Å². The monoisotopic (exact) mass is 270 g/mol. The summed E-state index contributed by atoms with van der Waals surface area (Å²) in [6, 6.07) is 6.40. The Balaban J connectivity index is 1.71. The zero-order valence-electron chi connectivity index (χ0n) is 10.6. The van der Waals surface area contributed by atoms with Gasteiger partial charge in [0.2, 0.25) is 0 Å². The van der Waals surface area contributed by atoms with Crippen LogP contribution in [0, 0.1) is 0 Å². The lowest BCUT2D eigenvalue weighted by atomic mass is 10.1. The molecule has 0 amide bonds. The minimum absolute atomic E-state index is 0.244. The van der Waals surface area contributed by atoms with Crippen LogP contribution >= 0.6 is 11.3 Å². The predicted octanol–water partition coefficient (Wildman–Crippen LogP) is 2.94. The molecule has 0 spiro atoms. The van der Waals surface area contributed by atoms with E-state index in [4.69, 9.17) is 0 Å². The summed E-state index contributed by atoms with van der Waals surface area (Å²) in [4.78, 5) is 12.6. The Morgan fingerprint density at radius 3 is 3.11 bits per heavy atom. The van der Waals surface area contributed by atoms with Crippen molar-refractivity contribution in [3.8, 4) is 0 Å². The highest BCUT2D eigenvalue weighted by Gasteiger charge is 2.07. The van der Waals surface area contributed by atoms with Crippen LogP contribution in [0.25, 0.3) is 10.2 Å². The van der Waals surface area contributed by atoms with Crippen molar-refractivity contribution in [2.24, 2.45) is 0 Å². The summed E-state index contributed by atoms with van der Waals surface area (Å²) in [6.45, 7) is 2.86. The molecule has 0 aliphatic heterocycles. The van der Waals surface area contributed by atoms with Crippen LogP contribution < -0.4 is 5.32 Å². The molecule has 1 unspecified atom stereocenters. The second kappa shape index (κ2) is 5.42. The van der Waals surface area contributed by atoms with Crippen molar-refractivity contribution >= 4 is 21.6 Å². The van der Waals surface area contributed by atoms with E-state index in [0.29, 0.717) is 0 Å². The van der Waals surface area contributed by atoms with Gasteiger partial charge in [-0.05, 0) is 36.1 Å². The van der Waals surface area contributed by atoms with Gasteiger partial charge in [0.25, 0.3) is 0 Å². The molecule has 0 fully saturated rings. The largest absolute Gasteiger partial charge is 0.305 e. The van der Waals surface area contributed by atoms with Gasteiger partial charge in [-0.3, -0.25) is 4.98 Å². The highest BCUT2D eigenvalue weighted by molar-refractivity contribution is 7.17. The molecule has 0 saturated heterocycles. The number of aromatic nitrogens is 3. The Morgan fingerprint density at radius 1 is 1.32 bits per heavy atom. The van der Waals surface area contributed by atoms with Crippen molar-refractivity contribution in [2.45, 2.75) is 19.5 Å². The first-order valence-corrected chi connectivity index (χ1v) is 7.02. The molecule has 3 rings (SSSR count). The average Bonchev–Trinajstić information content (AvgIpc) is 2.93. The summed E-state index contributed by atoms with van der Waals surface area (Å²) >= 11 is 1.72. The number of pyridine rings is 1. The van der Waals surface area contributed by atoms with Gasteiger partial charge in [-0.1, -0.05) is 0 Å². The van der Waals surface area contributed by atoms with Gasteiger partial charge in [0.15, 0.2) is 0 Å². The van der Waals surface area contributed by atoms with Gasteiger partial charge < -0.3 is 5.32 Å². The standard InChI is InChI=1S/C14H14N4S/c1-10(16-8-12-2-4-15-9-18-12)11-6-14-13(17-7-11)3-5-19-14/h2-7,9-10,16H,8H2,1H3. The zero-order chi connectivity index (χ0) is 13.1. The molecule has 0 radical (unpaired) electrons. The first-order valence-electron chi connectivity index (χ1n) is 6.14. The molecular formula is C14H14N4S. The molecule has 0 saturated carbocycles. The molecular weight excluding hydrogens is 256 g/mol. The summed E-state index contributed by atoms with van der Waals surface area (Å²) in [5.41, 5.74) is 3.26. The number of fused-ring (bicyclic) bond motifs is 1. The number of nitrogens with one attached hydrogen (secondary N) is 1. The van der Waals surface area contributed by atoms with Gasteiger partial charge in [-0.25, -0.2) is 9.97 Å². The minimum Gasteiger partial charge on any atom is -0.305 e. The van der Waals surface area contributed by atoms with E-state index in [0.717, 1.165) is 17.8 Å². The lowest BCUT2D eigenvalue weighted by Crippen LogP contribution is -2.18. The molecule has 3 aromatic heterocycles. The fourth-order valence-corrected chi connectivity index (χ4v) is 2.69. The van der Waals surface area contributed by atoms with Crippen LogP contribution in [0.1, 0.15) is 24.2 Å². The molecule has 3 heterocycles. The maximum Gasteiger partial charge on any atom is 0.115 e. The maximum absolute atomic E-state index is 4.46. The smallest absolute Gasteiger partial charge is 0.115 e. The fourth-order valence-electron chi connectivity index (χ4n) is 1.90. The van der Waals surface area contributed by atoms with E-state index in [9.17, 15) is 0 Å². The summed E-state index contributed by atoms with van der Waals surface area (Å²) < 4.78 is 1.23. The summed E-state index contributed by atoms with van der Waals surface area (Å²) in [5.74, 6) is 0. The lowest BCUT2D eigenvalue weighted by molar-refractivity contribution is 0.566. The molecule has 0 aromatic carbocycles. The summed E-state index contributed by atoms with van der Waals surface area (Å²) in [5, 5.41) is 5.52. The van der Waals surface area contributed by atoms with E-state index in [1.807, 2.05) is 18.3 Å². The van der Waals surface area contributed by atoms with Crippen LogP contribution in [0.4, 0.5) is 0 Å². The third-order valence-electron chi connectivity index (χ3n) is 3.06. The van der Waals surface area contributed by atoms with Crippen molar-refractivity contribution in [2.75, 3.05) is 0 Å². The Bertz CT molecular complexity index is 665. The van der Waals surface area contributed by atoms with Crippen LogP contribution in [-0.4, -0.2) is 15.0 Å². The van der Waals surface area contributed by atoms with E-state index in [1.54, 1.807) is 23.9 Å². The normalized spacial score (nSPS) is 12.7. The zero-order valence-corrected chi connectivity index (χ0v) is 11.4. The third-order valence-corrected chi connectivity index (χ3v) is 3.91. The summed E-state index contributed by atoms with van der Waals surface area (Å²) in [6.07, 6.45) is 5.27. The van der Waals surface area contributed by atoms with Crippen LogP contribution in [0.15, 0.2) is 42.3 Å². The van der Waals surface area contributed by atoms with E-state index in [1.165, 1.54) is 10.3 Å². The predicted molar refractivity (Wildman–Crippen MR) is 76.9 cm³/mol. The van der Waals surface area contributed by atoms with E-state index in [2.05, 4.69) is 38.6 Å². The Morgan fingerprint density at radius 2 is 2.26 bits per heavy atom. The van der Waals surface area contributed by atoms with Crippen LogP contribution in [-0.2, 0) is 6.54 Å². The maximum atomic E-state index is 4.46. The Hall–Kier alpha value is -1.85. The molecule has 4 nitrogen and oxygen atoms in total. The molecule has 5 heteroatoms. The molecule has 1 N–H and O–H groups in total. The van der Waals surface area contributed by atoms with Gasteiger partial charge >= 0.3 is 0 Å². The van der Waals surface area contributed by atoms with Crippen LogP contribution in [0.2, 0.25) is 0 Å². The van der Waals surface area contributed by atoms with E-state index < -0.39 is 0 Å². The third kappa shape index (κ3) is 2.77. The number of rotatable bonds is 4. The molecule has 1 atom stereocenters. The van der Waals surface area contributed by atoms with Crippen LogP contribution in [0.5, 0.6) is 0 Å². The quantitative estimate of drug-likeness (QED) is 0.792. The van der Waals surface area contributed by atoms with Crippen molar-refractivity contribution in [3.05, 3.63) is 53.6 Å². The molecule has 3 aromatic rings. The number of nitrogens with zero attached hydrogens (tertiary/aromatic N) is 3. The molecule has 0 bridgehead atoms. The number of hydrogen-bond acceptors (Lipinski definition) is 5. The van der Waals surface area contributed by atoms with Crippen molar-refractivity contribution < 1.29 is 0 Å². The van der Waals surface area contributed by atoms with Crippen molar-refractivity contribution in [1.29, 1.82) is 0 Å². The SMILES string of the molecule is CC(NCc1ccncn1)c1cnc2ccsc2c1. The Labute approximate surface area is 115 Å². The Kier molecular flexibility index (Phi) is 3.48. The molecule has 0 aliphatic carbocycles. The van der Waals surface area contributed by atoms with Gasteiger partial charge in [0, 0.05) is 25.0 Å². The minimum atomic E-state index is 0.244. The molecule has 0 aliphatic rings. The first-order chi connectivity index (χ1) is 9.33. The number of thiophene rings is 1. The second-order valence-corrected chi connectivity index (χ2v) is 5.32. The van der Waals surface area contributed by atoms with Gasteiger partial charge in [0.05, 0.1) is 15.9 Å². The van der Waals surface area contributed by atoms with Crippen LogP contribution in [0.3, 0.4) is 0 Å².